The molecule has 0 aromatic heterocycles. The molecule has 460 valence electrons. The minimum atomic E-state index is -1.40. The number of amides is 3. The lowest BCUT2D eigenvalue weighted by Gasteiger charge is -2.32. The molecule has 4 aromatic carbocycles. The van der Waals surface area contributed by atoms with E-state index in [0.717, 1.165) is 43.2 Å². The fourth-order valence-corrected chi connectivity index (χ4v) is 8.76. The predicted molar refractivity (Wildman–Crippen MR) is 316 cm³/mol. The Morgan fingerprint density at radius 3 is 1.32 bits per heavy atom. The summed E-state index contributed by atoms with van der Waals surface area (Å²) in [6.45, 7) is 15.2. The summed E-state index contributed by atoms with van der Waals surface area (Å²) in [5, 5.41) is 9.63. The quantitative estimate of drug-likeness (QED) is 0.0343. The van der Waals surface area contributed by atoms with Crippen LogP contribution >= 0.6 is 35.6 Å². The third-order valence-electron chi connectivity index (χ3n) is 12.9. The van der Waals surface area contributed by atoms with Crippen LogP contribution in [0.15, 0.2) is 97.1 Å². The van der Waals surface area contributed by atoms with E-state index in [4.69, 9.17) is 71.6 Å². The summed E-state index contributed by atoms with van der Waals surface area (Å²) in [4.78, 5) is 86.8. The second kappa shape index (κ2) is 32.9. The van der Waals surface area contributed by atoms with Crippen molar-refractivity contribution in [2.75, 3.05) is 13.1 Å². The summed E-state index contributed by atoms with van der Waals surface area (Å²) < 4.78 is 48.5. The van der Waals surface area contributed by atoms with E-state index < -0.39 is 78.0 Å². The van der Waals surface area contributed by atoms with Crippen LogP contribution in [0.4, 0.5) is 14.4 Å². The van der Waals surface area contributed by atoms with Gasteiger partial charge in [-0.1, -0.05) is 60.3 Å². The second-order valence-electron chi connectivity index (χ2n) is 22.0. The molecule has 5 N–H and O–H groups in total. The van der Waals surface area contributed by atoms with Gasteiger partial charge in [-0.05, 0) is 184 Å². The zero-order valence-corrected chi connectivity index (χ0v) is 51.3. The number of nitrogens with one attached hydrogen (secondary N) is 3. The van der Waals surface area contributed by atoms with Crippen molar-refractivity contribution in [2.24, 2.45) is 5.73 Å². The molecular formula is C61H79Cl3N4O16. The van der Waals surface area contributed by atoms with Crippen molar-refractivity contribution in [1.29, 1.82) is 0 Å². The van der Waals surface area contributed by atoms with E-state index in [1.807, 2.05) is 24.3 Å². The van der Waals surface area contributed by atoms with Crippen molar-refractivity contribution in [3.8, 4) is 11.5 Å². The van der Waals surface area contributed by atoms with Crippen molar-refractivity contribution >= 4 is 77.8 Å². The number of hydrogen-bond acceptors (Lipinski definition) is 17. The van der Waals surface area contributed by atoms with Gasteiger partial charge in [0, 0.05) is 54.2 Å². The van der Waals surface area contributed by atoms with Gasteiger partial charge in [-0.25, -0.2) is 24.0 Å². The summed E-state index contributed by atoms with van der Waals surface area (Å²) in [6.07, 6.45) is 1.51. The average molecular weight is 1230 g/mol. The Morgan fingerprint density at radius 1 is 0.536 bits per heavy atom. The summed E-state index contributed by atoms with van der Waals surface area (Å²) in [7, 11) is 0. The van der Waals surface area contributed by atoms with Crippen molar-refractivity contribution < 1.29 is 76.2 Å². The van der Waals surface area contributed by atoms with Gasteiger partial charge < -0.3 is 64.3 Å². The predicted octanol–water partition coefficient (Wildman–Crippen LogP) is 11.6. The molecule has 4 aromatic rings. The Morgan fingerprint density at radius 2 is 0.917 bits per heavy atom. The number of benzene rings is 4. The molecule has 4 unspecified atom stereocenters. The summed E-state index contributed by atoms with van der Waals surface area (Å²) in [5.41, 5.74) is 5.58. The Balaban J connectivity index is 0.000000361. The highest BCUT2D eigenvalue weighted by atomic mass is 35.5. The molecule has 0 radical (unpaired) electrons. The molecule has 23 heteroatoms. The molecule has 2 fully saturated rings. The van der Waals surface area contributed by atoms with Gasteiger partial charge in [0.1, 0.15) is 29.3 Å². The minimum Gasteiger partial charge on any atom is -0.476 e. The van der Waals surface area contributed by atoms with Crippen LogP contribution in [-0.4, -0.2) is 109 Å². The monoisotopic (exact) mass is 1230 g/mol. The second-order valence-corrected chi connectivity index (χ2v) is 22.9. The first-order chi connectivity index (χ1) is 39.1. The number of nitrogens with two attached hydrogens (primary N) is 1. The van der Waals surface area contributed by atoms with E-state index in [0.29, 0.717) is 77.9 Å². The van der Waals surface area contributed by atoms with Crippen LogP contribution in [0.3, 0.4) is 0 Å². The fraction of sp³-hybridized carbons (Fsp3) is 0.492. The first-order valence-electron chi connectivity index (χ1n) is 27.7. The van der Waals surface area contributed by atoms with Gasteiger partial charge in [0.2, 0.25) is 12.6 Å². The van der Waals surface area contributed by atoms with Gasteiger partial charge in [-0.3, -0.25) is 9.59 Å². The number of hydrogen-bond donors (Lipinski definition) is 4. The maximum Gasteiger partial charge on any atom is 0.511 e. The van der Waals surface area contributed by atoms with Crippen molar-refractivity contribution in [3.05, 3.63) is 129 Å². The summed E-state index contributed by atoms with van der Waals surface area (Å²) in [5.74, 6) is -0.933. The third-order valence-corrected chi connectivity index (χ3v) is 13.4. The smallest absolute Gasteiger partial charge is 0.476 e. The molecule has 0 aliphatic heterocycles. The Hall–Kier alpha value is -7.00. The lowest BCUT2D eigenvalue weighted by molar-refractivity contribution is -0.185. The van der Waals surface area contributed by atoms with E-state index in [-0.39, 0.29) is 30.3 Å². The SMILES string of the molecule is CC(OC(=O)OC1CCCC[C@H]1N)OC(=O)C(C)(C)Oc1ccc(CCNC(=O)c2ccc(Cl)cc2)cc1.CC(OC(=O)OC1CCCC[C@H]1NC(=O)OC(C)(C)C)OC(=O)C(C)(C)Oc1ccc(CCNC(=O)c2ccc(Cl)cc2)cc1.Cl. The van der Waals surface area contributed by atoms with Gasteiger partial charge in [0.25, 0.3) is 11.8 Å². The summed E-state index contributed by atoms with van der Waals surface area (Å²) in [6, 6.07) is 27.0. The molecule has 3 amide bonds. The molecule has 6 atom stereocenters. The van der Waals surface area contributed by atoms with Gasteiger partial charge in [0.05, 0.1) is 6.04 Å². The van der Waals surface area contributed by atoms with Crippen molar-refractivity contribution in [2.45, 2.75) is 180 Å². The molecule has 0 bridgehead atoms. The molecule has 0 spiro atoms. The largest absolute Gasteiger partial charge is 0.511 e. The molecule has 6 rings (SSSR count). The van der Waals surface area contributed by atoms with E-state index in [9.17, 15) is 33.6 Å². The Bertz CT molecular complexity index is 2780. The van der Waals surface area contributed by atoms with Crippen LogP contribution < -0.4 is 31.2 Å². The zero-order valence-electron chi connectivity index (χ0n) is 49.0. The van der Waals surface area contributed by atoms with E-state index in [1.165, 1.54) is 27.7 Å². The zero-order chi connectivity index (χ0) is 60.9. The van der Waals surface area contributed by atoms with Crippen molar-refractivity contribution in [1.82, 2.24) is 16.0 Å². The number of rotatable bonds is 21. The number of carbonyl (C=O) groups is 7. The van der Waals surface area contributed by atoms with Crippen LogP contribution in [0.5, 0.6) is 11.5 Å². The van der Waals surface area contributed by atoms with Crippen LogP contribution in [0.25, 0.3) is 0 Å². The van der Waals surface area contributed by atoms with Crippen LogP contribution in [0, 0.1) is 0 Å². The highest BCUT2D eigenvalue weighted by molar-refractivity contribution is 6.31. The third kappa shape index (κ3) is 24.3. The fourth-order valence-electron chi connectivity index (χ4n) is 8.51. The lowest BCUT2D eigenvalue weighted by atomic mass is 9.92. The molecule has 2 saturated carbocycles. The summed E-state index contributed by atoms with van der Waals surface area (Å²) >= 11 is 11.7. The first kappa shape index (κ1) is 69.5. The van der Waals surface area contributed by atoms with Gasteiger partial charge >= 0.3 is 30.3 Å². The van der Waals surface area contributed by atoms with Crippen LogP contribution in [-0.2, 0) is 55.6 Å². The molecule has 0 saturated heterocycles. The minimum absolute atomic E-state index is 0. The molecule has 2 aliphatic carbocycles. The maximum atomic E-state index is 12.9. The molecular weight excluding hydrogens is 1150 g/mol. The van der Waals surface area contributed by atoms with E-state index in [1.54, 1.807) is 107 Å². The number of ether oxygens (including phenoxy) is 9. The standard InChI is InChI=1S/C33H43ClN2O9.C28H35ClN2O7.ClH/c1-21(42-31(40)43-27-10-8-7-9-26(27)36-30(39)45-32(2,3)4)41-29(38)33(5,6)44-25-17-11-22(12-18-25)19-20-35-28(37)23-13-15-24(34)16-14-23;1-18(36-27(34)37-24-7-5-4-6-23(24)30)35-26(33)28(2,3)38-22-14-8-19(9-15-22)16-17-31-25(32)20-10-12-21(29)13-11-20;/h11-18,21,26-27H,7-10,19-20H2,1-6H3,(H,35,37)(H,36,39);8-15,18,23-24H,4-7,16-17,30H2,1-3H3,(H,31,32);1H/t21?,26-,27?;18?,23-,24?;/m11./s1. The van der Waals surface area contributed by atoms with Crippen LogP contribution in [0.2, 0.25) is 10.0 Å². The van der Waals surface area contributed by atoms with Crippen LogP contribution in [0.1, 0.15) is 146 Å². The lowest BCUT2D eigenvalue weighted by Crippen LogP contribution is -2.48. The van der Waals surface area contributed by atoms with E-state index >= 15 is 0 Å². The first-order valence-corrected chi connectivity index (χ1v) is 28.5. The molecule has 0 heterocycles. The maximum absolute atomic E-state index is 12.9. The highest BCUT2D eigenvalue weighted by Crippen LogP contribution is 2.26. The normalized spacial score (nSPS) is 17.5. The van der Waals surface area contributed by atoms with Crippen molar-refractivity contribution in [3.63, 3.8) is 0 Å². The van der Waals surface area contributed by atoms with Gasteiger partial charge in [0.15, 0.2) is 11.2 Å². The Kier molecular flexibility index (Phi) is 27.2. The number of esters is 2. The molecule has 2 aliphatic rings. The number of halogens is 3. The average Bonchev–Trinajstić information content (AvgIpc) is 3.60. The topological polar surface area (TPSA) is 265 Å². The molecule has 20 nitrogen and oxygen atoms in total. The van der Waals surface area contributed by atoms with E-state index in [2.05, 4.69) is 16.0 Å². The highest BCUT2D eigenvalue weighted by Gasteiger charge is 2.37. The molecule has 84 heavy (non-hydrogen) atoms. The van der Waals surface area contributed by atoms with Gasteiger partial charge in [-0.2, -0.15) is 0 Å². The van der Waals surface area contributed by atoms with Gasteiger partial charge in [-0.15, -0.1) is 12.4 Å². The Labute approximate surface area is 507 Å². The number of carbonyl (C=O) groups excluding carboxylic acids is 7. The number of alkyl carbamates (subject to hydrolysis) is 1.